The summed E-state index contributed by atoms with van der Waals surface area (Å²) in [5.74, 6) is 1.73. The van der Waals surface area contributed by atoms with Crippen LogP contribution in [0.15, 0.2) is 23.1 Å². The Balaban J connectivity index is 1.40. The maximum Gasteiger partial charge on any atom is 0.317 e. The number of aliphatic hydroxyl groups is 1. The summed E-state index contributed by atoms with van der Waals surface area (Å²) >= 11 is 1.81. The molecule has 36 heavy (non-hydrogen) atoms. The van der Waals surface area contributed by atoms with Gasteiger partial charge in [0.15, 0.2) is 0 Å². The van der Waals surface area contributed by atoms with Gasteiger partial charge in [-0.2, -0.15) is 0 Å². The second kappa shape index (κ2) is 13.5. The van der Waals surface area contributed by atoms with Crippen LogP contribution in [0.4, 0.5) is 4.79 Å². The van der Waals surface area contributed by atoms with E-state index < -0.39 is 11.7 Å². The molecule has 2 heterocycles. The van der Waals surface area contributed by atoms with E-state index >= 15 is 0 Å². The lowest BCUT2D eigenvalue weighted by atomic mass is 9.81. The lowest BCUT2D eigenvalue weighted by Crippen LogP contribution is -2.57. The number of urea groups is 1. The molecule has 0 spiro atoms. The van der Waals surface area contributed by atoms with E-state index in [1.54, 1.807) is 12.0 Å². The fourth-order valence-electron chi connectivity index (χ4n) is 6.05. The number of rotatable bonds is 11. The van der Waals surface area contributed by atoms with E-state index in [2.05, 4.69) is 11.4 Å². The van der Waals surface area contributed by atoms with Crippen LogP contribution in [0, 0.1) is 5.92 Å². The second-order valence-corrected chi connectivity index (χ2v) is 11.9. The number of carbonyl (C=O) groups is 1. The molecule has 0 radical (unpaired) electrons. The number of morpholine rings is 1. The van der Waals surface area contributed by atoms with Gasteiger partial charge in [-0.15, -0.1) is 11.8 Å². The van der Waals surface area contributed by atoms with E-state index in [9.17, 15) is 9.90 Å². The van der Waals surface area contributed by atoms with Crippen molar-refractivity contribution in [3.63, 3.8) is 0 Å². The Morgan fingerprint density at radius 2 is 2.17 bits per heavy atom. The fourth-order valence-corrected chi connectivity index (χ4v) is 7.34. The Labute approximate surface area is 220 Å². The first kappa shape index (κ1) is 27.7. The number of nitrogens with zero attached hydrogens (tertiary/aromatic N) is 1. The predicted octanol–water partition coefficient (Wildman–Crippen LogP) is 4.05. The average Bonchev–Trinajstić information content (AvgIpc) is 3.39. The Morgan fingerprint density at radius 1 is 1.33 bits per heavy atom. The van der Waals surface area contributed by atoms with Gasteiger partial charge in [0.25, 0.3) is 0 Å². The molecule has 0 aromatic heterocycles. The molecule has 8 heteroatoms. The van der Waals surface area contributed by atoms with Crippen LogP contribution in [-0.4, -0.2) is 73.9 Å². The summed E-state index contributed by atoms with van der Waals surface area (Å²) in [4.78, 5) is 16.1. The number of carbonyl (C=O) groups excluding carboxylic acids is 1. The Morgan fingerprint density at radius 3 is 2.97 bits per heavy atom. The number of methoxy groups -OCH3 is 1. The van der Waals surface area contributed by atoms with Crippen LogP contribution in [-0.2, 0) is 21.5 Å². The van der Waals surface area contributed by atoms with Crippen LogP contribution in [0.3, 0.4) is 0 Å². The third-order valence-electron chi connectivity index (χ3n) is 8.10. The quantitative estimate of drug-likeness (QED) is 0.382. The summed E-state index contributed by atoms with van der Waals surface area (Å²) in [7, 11) is 1.70. The maximum atomic E-state index is 13.1. The van der Waals surface area contributed by atoms with Gasteiger partial charge in [-0.1, -0.05) is 50.3 Å². The Hall–Kier alpha value is -1.32. The first-order valence-corrected chi connectivity index (χ1v) is 14.9. The molecule has 202 valence electrons. The normalized spacial score (nSPS) is 23.2. The van der Waals surface area contributed by atoms with Gasteiger partial charge in [-0.3, -0.25) is 0 Å². The summed E-state index contributed by atoms with van der Waals surface area (Å²) in [5.41, 5.74) is 7.46. The van der Waals surface area contributed by atoms with Gasteiger partial charge in [0.1, 0.15) is 11.7 Å². The summed E-state index contributed by atoms with van der Waals surface area (Å²) in [5, 5.41) is 15.3. The lowest BCUT2D eigenvalue weighted by molar-refractivity contribution is -0.147. The summed E-state index contributed by atoms with van der Waals surface area (Å²) in [6.07, 6.45) is 10.2. The zero-order chi connectivity index (χ0) is 25.4. The number of aryl methyl sites for hydroxylation is 1. The number of fused-ring (bicyclic) bond motifs is 1. The van der Waals surface area contributed by atoms with E-state index in [4.69, 9.17) is 15.2 Å². The van der Waals surface area contributed by atoms with Gasteiger partial charge in [-0.25, -0.2) is 4.79 Å². The summed E-state index contributed by atoms with van der Waals surface area (Å²) in [6, 6.07) is 6.11. The molecule has 1 saturated carbocycles. The molecule has 4 rings (SSSR count). The zero-order valence-electron chi connectivity index (χ0n) is 21.9. The van der Waals surface area contributed by atoms with Crippen molar-refractivity contribution in [3.05, 3.63) is 29.3 Å². The maximum absolute atomic E-state index is 13.1. The molecule has 0 bridgehead atoms. The van der Waals surface area contributed by atoms with Crippen LogP contribution in [0.1, 0.15) is 68.9 Å². The van der Waals surface area contributed by atoms with Crippen LogP contribution in [0.25, 0.3) is 0 Å². The molecule has 7 nitrogen and oxygen atoms in total. The zero-order valence-corrected chi connectivity index (χ0v) is 22.7. The standard InChI is InChI=1S/C28H45N3O4S/c1-34-15-6-5-13-28(33,24-11-7-10-22-12-17-36-26(22)24)25-20-31(14-16-35-25)27(32)30-19-23(29)18-21-8-3-2-4-9-21/h7,10-11,21,23,25,33H,2-6,8-9,12-20,29H2,1H3,(H,30,32)/t23-,25+,28+/m0/s1. The number of thioether (sulfide) groups is 1. The average molecular weight is 520 g/mol. The first-order valence-electron chi connectivity index (χ1n) is 13.9. The minimum atomic E-state index is -1.16. The minimum Gasteiger partial charge on any atom is -0.385 e. The van der Waals surface area contributed by atoms with Crippen LogP contribution >= 0.6 is 11.8 Å². The van der Waals surface area contributed by atoms with Crippen LogP contribution in [0.2, 0.25) is 0 Å². The van der Waals surface area contributed by atoms with Crippen molar-refractivity contribution in [1.82, 2.24) is 10.2 Å². The number of amides is 2. The van der Waals surface area contributed by atoms with Gasteiger partial charge in [0.2, 0.25) is 0 Å². The van der Waals surface area contributed by atoms with E-state index in [1.807, 2.05) is 23.9 Å². The van der Waals surface area contributed by atoms with E-state index in [0.29, 0.717) is 45.2 Å². The largest absolute Gasteiger partial charge is 0.385 e. The number of benzene rings is 1. The van der Waals surface area contributed by atoms with Crippen molar-refractivity contribution in [2.24, 2.45) is 11.7 Å². The topological polar surface area (TPSA) is 97.1 Å². The predicted molar refractivity (Wildman–Crippen MR) is 144 cm³/mol. The van der Waals surface area contributed by atoms with Crippen LogP contribution in [0.5, 0.6) is 0 Å². The molecule has 4 N–H and O–H groups in total. The number of nitrogens with one attached hydrogen (secondary N) is 1. The highest BCUT2D eigenvalue weighted by atomic mass is 32.2. The second-order valence-electron chi connectivity index (χ2n) is 10.8. The molecule has 1 saturated heterocycles. The van der Waals surface area contributed by atoms with E-state index in [-0.39, 0.29) is 12.1 Å². The van der Waals surface area contributed by atoms with Crippen molar-refractivity contribution in [2.75, 3.05) is 45.7 Å². The van der Waals surface area contributed by atoms with Crippen molar-refractivity contribution >= 4 is 17.8 Å². The Kier molecular flexibility index (Phi) is 10.4. The smallest absolute Gasteiger partial charge is 0.317 e. The van der Waals surface area contributed by atoms with Gasteiger partial charge in [-0.05, 0) is 43.6 Å². The third-order valence-corrected chi connectivity index (χ3v) is 9.28. The summed E-state index contributed by atoms with van der Waals surface area (Å²) < 4.78 is 11.4. The van der Waals surface area contributed by atoms with Crippen molar-refractivity contribution in [2.45, 2.75) is 86.9 Å². The molecule has 2 amide bonds. The minimum absolute atomic E-state index is 0.0180. The highest BCUT2D eigenvalue weighted by molar-refractivity contribution is 7.99. The number of nitrogens with two attached hydrogens (primary N) is 1. The van der Waals surface area contributed by atoms with E-state index in [1.165, 1.54) is 42.6 Å². The highest BCUT2D eigenvalue weighted by Gasteiger charge is 2.44. The molecular formula is C28H45N3O4S. The molecule has 3 atom stereocenters. The van der Waals surface area contributed by atoms with Crippen molar-refractivity contribution in [3.8, 4) is 0 Å². The lowest BCUT2D eigenvalue weighted by Gasteiger charge is -2.43. The van der Waals surface area contributed by atoms with Gasteiger partial charge in [0, 0.05) is 49.1 Å². The molecule has 1 aliphatic carbocycles. The van der Waals surface area contributed by atoms with Crippen molar-refractivity contribution < 1.29 is 19.4 Å². The van der Waals surface area contributed by atoms with Gasteiger partial charge >= 0.3 is 6.03 Å². The first-order chi connectivity index (χ1) is 17.5. The SMILES string of the molecule is COCCCC[C@@](O)(c1cccc2c1SCC2)[C@H]1CN(C(=O)NC[C@@H](N)CC2CCCCC2)CCO1. The number of unbranched alkanes of at least 4 members (excludes halogenated alkanes) is 1. The molecule has 2 fully saturated rings. The molecule has 2 aliphatic heterocycles. The molecule has 1 aromatic rings. The van der Waals surface area contributed by atoms with E-state index in [0.717, 1.165) is 37.0 Å². The van der Waals surface area contributed by atoms with Crippen molar-refractivity contribution in [1.29, 1.82) is 0 Å². The molecule has 0 unspecified atom stereocenters. The monoisotopic (exact) mass is 519 g/mol. The van der Waals surface area contributed by atoms with Crippen LogP contribution < -0.4 is 11.1 Å². The third kappa shape index (κ3) is 6.95. The summed E-state index contributed by atoms with van der Waals surface area (Å²) in [6.45, 7) is 2.44. The van der Waals surface area contributed by atoms with Gasteiger partial charge < -0.3 is 30.5 Å². The highest BCUT2D eigenvalue weighted by Crippen LogP contribution is 2.43. The molecular weight excluding hydrogens is 474 g/mol. The molecule has 1 aromatic carbocycles. The number of hydrogen-bond donors (Lipinski definition) is 3. The Bertz CT molecular complexity index is 850. The fraction of sp³-hybridized carbons (Fsp3) is 0.750. The number of ether oxygens (including phenoxy) is 2. The van der Waals surface area contributed by atoms with Gasteiger partial charge in [0.05, 0.1) is 13.2 Å². The molecule has 3 aliphatic rings. The number of hydrogen-bond acceptors (Lipinski definition) is 6.